The fraction of sp³-hybridized carbons (Fsp3) is 0.889. The molecule has 15 heteroatoms. The number of morpholine rings is 3. The minimum absolute atomic E-state index is 0.00414. The Labute approximate surface area is 299 Å². The average Bonchev–Trinajstić information content (AvgIpc) is 3.54. The number of amides is 1. The van der Waals surface area contributed by atoms with Gasteiger partial charge < -0.3 is 35.1 Å². The number of nitro groups is 1. The lowest BCUT2D eigenvalue weighted by atomic mass is 9.69. The minimum Gasteiger partial charge on any atom is -0.379 e. The lowest BCUT2D eigenvalue weighted by Gasteiger charge is -2.61. The van der Waals surface area contributed by atoms with E-state index in [0.29, 0.717) is 64.4 Å². The monoisotopic (exact) mass is 717 g/mol. The molecule has 3 N–H and O–H groups in total. The lowest BCUT2D eigenvalue weighted by molar-refractivity contribution is -0.529. The zero-order valence-electron chi connectivity index (χ0n) is 29.8. The fourth-order valence-electron chi connectivity index (χ4n) is 10.6. The van der Waals surface area contributed by atoms with Crippen molar-refractivity contribution in [3.8, 4) is 0 Å². The lowest BCUT2D eigenvalue weighted by Crippen LogP contribution is -2.75. The van der Waals surface area contributed by atoms with Gasteiger partial charge in [-0.05, 0) is 65.0 Å². The second-order valence-corrected chi connectivity index (χ2v) is 16.3. The molecule has 3 aliphatic carbocycles. The quantitative estimate of drug-likeness (QED) is 0.126. The normalized spacial score (nSPS) is 42.6. The molecular formula is C36H56FN7O7. The molecule has 51 heavy (non-hydrogen) atoms. The maximum absolute atomic E-state index is 16.3. The first-order valence-electron chi connectivity index (χ1n) is 19.7. The summed E-state index contributed by atoms with van der Waals surface area (Å²) < 4.78 is 35.4. The van der Waals surface area contributed by atoms with E-state index in [2.05, 4.69) is 37.6 Å². The van der Waals surface area contributed by atoms with E-state index < -0.39 is 42.2 Å². The third kappa shape index (κ3) is 7.20. The van der Waals surface area contributed by atoms with Gasteiger partial charge in [0.2, 0.25) is 6.04 Å². The molecule has 0 radical (unpaired) electrons. The van der Waals surface area contributed by atoms with Gasteiger partial charge >= 0.3 is 0 Å². The number of halogens is 1. The molecule has 7 fully saturated rings. The third-order valence-electron chi connectivity index (χ3n) is 13.3. The fourth-order valence-corrected chi connectivity index (χ4v) is 10.6. The Morgan fingerprint density at radius 1 is 1.02 bits per heavy atom. The standard InChI is InChI=1S/C36H56FN7O7/c1-21-4-2-10-42(21)11-8-38-32-25(37)17-23-33-35(32)51-31-18-27-30(50-29-16-22(44(47)48)5-6-26(29)40-27)19-28(31)43(33)20-24(34(23)45)36(46)39-7-3-9-41-12-14-49-15-13-41/h20-23,25-33,35,38,40H,2-19H2,1H3,(H,39,46). The van der Waals surface area contributed by atoms with Crippen LogP contribution in [0.25, 0.3) is 0 Å². The van der Waals surface area contributed by atoms with E-state index in [4.69, 9.17) is 14.2 Å². The highest BCUT2D eigenvalue weighted by molar-refractivity contribution is 6.20. The van der Waals surface area contributed by atoms with Crippen LogP contribution in [-0.2, 0) is 23.8 Å². The van der Waals surface area contributed by atoms with Crippen molar-refractivity contribution in [2.24, 2.45) is 5.92 Å². The summed E-state index contributed by atoms with van der Waals surface area (Å²) in [7, 11) is 0. The van der Waals surface area contributed by atoms with Gasteiger partial charge in [-0.2, -0.15) is 0 Å². The molecule has 284 valence electrons. The zero-order chi connectivity index (χ0) is 35.2. The predicted octanol–water partition coefficient (Wildman–Crippen LogP) is 0.616. The van der Waals surface area contributed by atoms with Crippen molar-refractivity contribution >= 4 is 11.7 Å². The van der Waals surface area contributed by atoms with Gasteiger partial charge in [-0.25, -0.2) is 4.39 Å². The number of hydrogen-bond acceptors (Lipinski definition) is 12. The van der Waals surface area contributed by atoms with Crippen molar-refractivity contribution in [1.82, 2.24) is 30.7 Å². The number of ketones is 1. The van der Waals surface area contributed by atoms with E-state index in [1.807, 2.05) is 0 Å². The Kier molecular flexibility index (Phi) is 10.7. The van der Waals surface area contributed by atoms with E-state index in [-0.39, 0.29) is 59.1 Å². The van der Waals surface area contributed by atoms with Crippen molar-refractivity contribution < 1.29 is 33.1 Å². The van der Waals surface area contributed by atoms with Crippen LogP contribution in [0.4, 0.5) is 4.39 Å². The SMILES string of the molecule is CC1CCCN1CCNC1C(F)CC2C(=O)C(C(=O)NCCCN3CCOCC3)=CN3C4CC5OC6CC([N+](=O)[O-])CCC6NC5CC4OC1C23. The van der Waals surface area contributed by atoms with Crippen LogP contribution in [0, 0.1) is 16.0 Å². The molecule has 0 bridgehead atoms. The topological polar surface area (TPSA) is 151 Å². The van der Waals surface area contributed by atoms with Crippen molar-refractivity contribution in [2.75, 3.05) is 59.0 Å². The smallest absolute Gasteiger partial charge is 0.256 e. The van der Waals surface area contributed by atoms with Gasteiger partial charge in [0.1, 0.15) is 6.17 Å². The number of ether oxygens (including phenoxy) is 3. The number of nitrogens with zero attached hydrogens (tertiary/aromatic N) is 4. The second-order valence-electron chi connectivity index (χ2n) is 16.3. The van der Waals surface area contributed by atoms with Crippen molar-refractivity contribution in [1.29, 1.82) is 0 Å². The third-order valence-corrected chi connectivity index (χ3v) is 13.3. The Balaban J connectivity index is 1.01. The number of hydrogen-bond donors (Lipinski definition) is 3. The molecule has 1 amide bonds. The number of alkyl halides is 1. The van der Waals surface area contributed by atoms with Crippen molar-refractivity contribution in [3.63, 3.8) is 0 Å². The van der Waals surface area contributed by atoms with Crippen molar-refractivity contribution in [3.05, 3.63) is 21.9 Å². The Morgan fingerprint density at radius 2 is 1.84 bits per heavy atom. The van der Waals surface area contributed by atoms with Gasteiger partial charge in [0, 0.05) is 80.7 Å². The van der Waals surface area contributed by atoms with Gasteiger partial charge in [-0.15, -0.1) is 0 Å². The number of Topliss-reactive ketones (excluding diaryl/α,β-unsaturated/α-hetero) is 1. The first-order chi connectivity index (χ1) is 24.7. The number of carbonyl (C=O) groups excluding carboxylic acids is 2. The van der Waals surface area contributed by atoms with E-state index in [1.54, 1.807) is 6.20 Å². The van der Waals surface area contributed by atoms with Crippen LogP contribution in [0.5, 0.6) is 0 Å². The molecule has 8 rings (SSSR count). The van der Waals surface area contributed by atoms with Gasteiger partial charge in [-0.1, -0.05) is 0 Å². The van der Waals surface area contributed by atoms with Crippen LogP contribution in [0.2, 0.25) is 0 Å². The summed E-state index contributed by atoms with van der Waals surface area (Å²) in [6, 6.07) is -1.17. The Bertz CT molecular complexity index is 1340. The maximum Gasteiger partial charge on any atom is 0.256 e. The summed E-state index contributed by atoms with van der Waals surface area (Å²) in [5.41, 5.74) is 0.0923. The molecule has 0 aromatic carbocycles. The summed E-state index contributed by atoms with van der Waals surface area (Å²) in [6.45, 7) is 9.22. The van der Waals surface area contributed by atoms with Crippen LogP contribution >= 0.6 is 0 Å². The van der Waals surface area contributed by atoms with Crippen molar-refractivity contribution in [2.45, 2.75) is 138 Å². The molecule has 0 aromatic rings. The predicted molar refractivity (Wildman–Crippen MR) is 184 cm³/mol. The highest BCUT2D eigenvalue weighted by atomic mass is 19.1. The van der Waals surface area contributed by atoms with E-state index in [1.165, 1.54) is 12.8 Å². The summed E-state index contributed by atoms with van der Waals surface area (Å²) in [4.78, 5) is 46.1. The first-order valence-corrected chi connectivity index (χ1v) is 19.7. The van der Waals surface area contributed by atoms with Crippen LogP contribution in [0.3, 0.4) is 0 Å². The molecule has 8 aliphatic rings. The number of nitrogens with one attached hydrogen (secondary N) is 3. The summed E-state index contributed by atoms with van der Waals surface area (Å²) >= 11 is 0. The Hall–Kier alpha value is -2.27. The molecule has 4 saturated heterocycles. The van der Waals surface area contributed by atoms with Crippen LogP contribution in [-0.4, -0.2) is 163 Å². The largest absolute Gasteiger partial charge is 0.379 e. The van der Waals surface area contributed by atoms with Gasteiger partial charge in [0.25, 0.3) is 5.91 Å². The molecule has 5 heterocycles. The number of rotatable bonds is 10. The molecule has 13 unspecified atom stereocenters. The van der Waals surface area contributed by atoms with Gasteiger partial charge in [0.15, 0.2) is 5.78 Å². The van der Waals surface area contributed by atoms with Gasteiger partial charge in [0.05, 0.1) is 61.3 Å². The van der Waals surface area contributed by atoms with E-state index in [0.717, 1.165) is 39.1 Å². The zero-order valence-corrected chi connectivity index (χ0v) is 29.8. The van der Waals surface area contributed by atoms with E-state index in [9.17, 15) is 19.7 Å². The van der Waals surface area contributed by atoms with Crippen LogP contribution < -0.4 is 16.0 Å². The molecule has 14 nitrogen and oxygen atoms in total. The highest BCUT2D eigenvalue weighted by Crippen LogP contribution is 2.47. The second kappa shape index (κ2) is 15.2. The molecule has 5 aliphatic heterocycles. The number of carbonyl (C=O) groups is 2. The number of fused-ring (bicyclic) bond motifs is 4. The minimum atomic E-state index is -1.30. The van der Waals surface area contributed by atoms with E-state index >= 15 is 4.39 Å². The summed E-state index contributed by atoms with van der Waals surface area (Å²) in [5.74, 6) is -1.41. The average molecular weight is 718 g/mol. The molecule has 0 spiro atoms. The number of likely N-dealkylation sites (tertiary alicyclic amines) is 1. The maximum atomic E-state index is 16.3. The molecule has 0 aromatic heterocycles. The summed E-state index contributed by atoms with van der Waals surface area (Å²) in [5, 5.41) is 21.9. The highest BCUT2D eigenvalue weighted by Gasteiger charge is 2.60. The van der Waals surface area contributed by atoms with Crippen LogP contribution in [0.15, 0.2) is 11.8 Å². The summed E-state index contributed by atoms with van der Waals surface area (Å²) in [6.07, 6.45) is 5.21. The Morgan fingerprint density at radius 3 is 2.63 bits per heavy atom. The molecule has 13 atom stereocenters. The molecule has 3 saturated carbocycles. The first kappa shape index (κ1) is 35.7. The van der Waals surface area contributed by atoms with Gasteiger partial charge in [-0.3, -0.25) is 29.5 Å². The molecular weight excluding hydrogens is 661 g/mol. The van der Waals surface area contributed by atoms with Crippen LogP contribution in [0.1, 0.15) is 64.7 Å².